The van der Waals surface area contributed by atoms with Crippen molar-refractivity contribution in [2.75, 3.05) is 0 Å². The van der Waals surface area contributed by atoms with Gasteiger partial charge in [-0.15, -0.1) is 0 Å². The van der Waals surface area contributed by atoms with Crippen molar-refractivity contribution in [1.29, 1.82) is 0 Å². The number of aliphatic hydroxyl groups excluding tert-OH is 2. The molecule has 4 N–H and O–H groups in total. The summed E-state index contributed by atoms with van der Waals surface area (Å²) in [7, 11) is 0. The Kier molecular flexibility index (Phi) is 4.19. The van der Waals surface area contributed by atoms with Crippen molar-refractivity contribution < 1.29 is 19.8 Å². The van der Waals surface area contributed by atoms with Gasteiger partial charge in [-0.3, -0.25) is 9.59 Å². The molecule has 0 radical (unpaired) electrons. The van der Waals surface area contributed by atoms with E-state index in [0.29, 0.717) is 11.4 Å². The third-order valence-electron chi connectivity index (χ3n) is 5.10. The third kappa shape index (κ3) is 3.03. The van der Waals surface area contributed by atoms with Crippen LogP contribution in [0.25, 0.3) is 12.2 Å². The molecule has 2 atom stereocenters. The van der Waals surface area contributed by atoms with E-state index in [1.165, 1.54) is 13.8 Å². The number of benzene rings is 1. The molecule has 6 heteroatoms. The minimum atomic E-state index is -0.259. The quantitative estimate of drug-likeness (QED) is 0.637. The maximum atomic E-state index is 11.3. The van der Waals surface area contributed by atoms with Crippen molar-refractivity contribution in [3.05, 3.63) is 81.6 Å². The molecule has 1 aromatic rings. The number of nitrogens with one attached hydrogen (secondary N) is 2. The summed E-state index contributed by atoms with van der Waals surface area (Å²) < 4.78 is 0. The fourth-order valence-electron chi connectivity index (χ4n) is 3.84. The summed E-state index contributed by atoms with van der Waals surface area (Å²) in [5.41, 5.74) is 4.90. The van der Waals surface area contributed by atoms with Crippen LogP contribution in [-0.4, -0.2) is 22.0 Å². The highest BCUT2D eigenvalue weighted by molar-refractivity contribution is 5.79. The lowest BCUT2D eigenvalue weighted by Gasteiger charge is -2.40. The standard InChI is InChI=1S/C22H20N2O4/c1-11(25)23-19-5-3-13-7-15-16(8-14(13)4-6-21(19)27)18-10-22(28)20(9-17(15)18)24-12(2)26/h3-10,17-18,27-28H,1-2H3,(H,23,25)(H,24,26). The van der Waals surface area contributed by atoms with E-state index in [2.05, 4.69) is 16.7 Å². The van der Waals surface area contributed by atoms with Gasteiger partial charge in [0.15, 0.2) is 0 Å². The Bertz CT molecular complexity index is 1060. The molecule has 28 heavy (non-hydrogen) atoms. The van der Waals surface area contributed by atoms with Crippen LogP contribution < -0.4 is 10.6 Å². The summed E-state index contributed by atoms with van der Waals surface area (Å²) in [4.78, 5) is 22.7. The number of rotatable bonds is 2. The molecule has 0 heterocycles. The number of aliphatic hydroxyl groups is 2. The Hall–Kier alpha value is -3.54. The molecular weight excluding hydrogens is 356 g/mol. The lowest BCUT2D eigenvalue weighted by molar-refractivity contribution is -0.119. The van der Waals surface area contributed by atoms with Crippen molar-refractivity contribution in [1.82, 2.24) is 10.6 Å². The van der Waals surface area contributed by atoms with Crippen LogP contribution in [-0.2, 0) is 9.59 Å². The van der Waals surface area contributed by atoms with E-state index >= 15 is 0 Å². The highest BCUT2D eigenvalue weighted by Gasteiger charge is 2.39. The number of allylic oxidation sites excluding steroid dienone is 4. The van der Waals surface area contributed by atoms with E-state index in [1.54, 1.807) is 24.3 Å². The molecule has 3 aliphatic carbocycles. The molecule has 0 aliphatic heterocycles. The van der Waals surface area contributed by atoms with Crippen LogP contribution in [0, 0.1) is 0 Å². The lowest BCUT2D eigenvalue weighted by atomic mass is 9.64. The van der Waals surface area contributed by atoms with Crippen molar-refractivity contribution in [2.45, 2.75) is 25.7 Å². The minimum Gasteiger partial charge on any atom is -0.506 e. The topological polar surface area (TPSA) is 98.7 Å². The summed E-state index contributed by atoms with van der Waals surface area (Å²) in [6, 6.07) is 4.11. The van der Waals surface area contributed by atoms with Gasteiger partial charge in [0, 0.05) is 25.7 Å². The molecule has 2 amide bonds. The Balaban J connectivity index is 1.71. The van der Waals surface area contributed by atoms with Gasteiger partial charge in [0.1, 0.15) is 11.5 Å². The molecule has 0 spiro atoms. The first kappa shape index (κ1) is 17.9. The van der Waals surface area contributed by atoms with E-state index in [4.69, 9.17) is 0 Å². The van der Waals surface area contributed by atoms with E-state index in [1.807, 2.05) is 18.2 Å². The Morgan fingerprint density at radius 2 is 1.39 bits per heavy atom. The van der Waals surface area contributed by atoms with Crippen molar-refractivity contribution in [3.63, 3.8) is 0 Å². The zero-order valence-electron chi connectivity index (χ0n) is 15.5. The van der Waals surface area contributed by atoms with Crippen LogP contribution in [0.2, 0.25) is 0 Å². The van der Waals surface area contributed by atoms with Gasteiger partial charge in [0.05, 0.1) is 11.4 Å². The van der Waals surface area contributed by atoms with Gasteiger partial charge < -0.3 is 20.8 Å². The number of carbonyl (C=O) groups excluding carboxylic acids is 2. The Morgan fingerprint density at radius 1 is 0.821 bits per heavy atom. The highest BCUT2D eigenvalue weighted by atomic mass is 16.3. The van der Waals surface area contributed by atoms with Crippen LogP contribution in [0.15, 0.2) is 59.3 Å². The number of hydrogen-bond donors (Lipinski definition) is 4. The molecule has 0 aromatic heterocycles. The van der Waals surface area contributed by atoms with Crippen LogP contribution in [0.3, 0.4) is 0 Å². The summed E-state index contributed by atoms with van der Waals surface area (Å²) in [5.74, 6) is -0.294. The summed E-state index contributed by atoms with van der Waals surface area (Å²) in [6.45, 7) is 2.79. The number of carbonyl (C=O) groups is 2. The smallest absolute Gasteiger partial charge is 0.221 e. The van der Waals surface area contributed by atoms with E-state index < -0.39 is 0 Å². The fourth-order valence-corrected chi connectivity index (χ4v) is 3.84. The SMILES string of the molecule is CC(=O)NC1=CC2c3cc4c(cc3C2C=C1O)C=CC(O)=C(NC(C)=O)C=C4. The maximum absolute atomic E-state index is 11.3. The van der Waals surface area contributed by atoms with Crippen molar-refractivity contribution >= 4 is 24.0 Å². The van der Waals surface area contributed by atoms with Gasteiger partial charge in [-0.2, -0.15) is 0 Å². The van der Waals surface area contributed by atoms with E-state index in [-0.39, 0.29) is 35.2 Å². The number of amides is 2. The van der Waals surface area contributed by atoms with Gasteiger partial charge in [-0.25, -0.2) is 0 Å². The molecule has 3 aliphatic rings. The van der Waals surface area contributed by atoms with Gasteiger partial charge in [0.2, 0.25) is 11.8 Å². The summed E-state index contributed by atoms with van der Waals surface area (Å²) in [5, 5.41) is 25.6. The first-order valence-electron chi connectivity index (χ1n) is 8.99. The van der Waals surface area contributed by atoms with Crippen LogP contribution in [0.1, 0.15) is 47.9 Å². The minimum absolute atomic E-state index is 0.0178. The first-order valence-corrected chi connectivity index (χ1v) is 8.99. The number of hydrogen-bond acceptors (Lipinski definition) is 4. The zero-order chi connectivity index (χ0) is 20.0. The first-order chi connectivity index (χ1) is 13.3. The maximum Gasteiger partial charge on any atom is 0.221 e. The second-order valence-electron chi connectivity index (χ2n) is 7.12. The molecule has 6 nitrogen and oxygen atoms in total. The average molecular weight is 376 g/mol. The lowest BCUT2D eigenvalue weighted by Crippen LogP contribution is -2.30. The fraction of sp³-hybridized carbons (Fsp3) is 0.182. The van der Waals surface area contributed by atoms with Crippen LogP contribution in [0.4, 0.5) is 0 Å². The highest BCUT2D eigenvalue weighted by Crippen LogP contribution is 2.52. The normalized spacial score (nSPS) is 21.8. The summed E-state index contributed by atoms with van der Waals surface area (Å²) >= 11 is 0. The largest absolute Gasteiger partial charge is 0.506 e. The van der Waals surface area contributed by atoms with Crippen LogP contribution in [0.5, 0.6) is 0 Å². The third-order valence-corrected chi connectivity index (χ3v) is 5.10. The molecule has 4 rings (SSSR count). The van der Waals surface area contributed by atoms with E-state index in [0.717, 1.165) is 22.3 Å². The monoisotopic (exact) mass is 376 g/mol. The second kappa shape index (κ2) is 6.56. The number of fused-ring (bicyclic) bond motifs is 5. The Morgan fingerprint density at radius 3 is 2.00 bits per heavy atom. The summed E-state index contributed by atoms with van der Waals surface area (Å²) in [6.07, 6.45) is 10.5. The van der Waals surface area contributed by atoms with Gasteiger partial charge in [-0.1, -0.05) is 24.3 Å². The second-order valence-corrected chi connectivity index (χ2v) is 7.12. The molecule has 0 saturated carbocycles. The van der Waals surface area contributed by atoms with Gasteiger partial charge in [0.25, 0.3) is 0 Å². The molecule has 2 unspecified atom stereocenters. The predicted octanol–water partition coefficient (Wildman–Crippen LogP) is 3.29. The van der Waals surface area contributed by atoms with Crippen molar-refractivity contribution in [2.24, 2.45) is 0 Å². The molecule has 0 bridgehead atoms. The Labute approximate surface area is 162 Å². The van der Waals surface area contributed by atoms with Gasteiger partial charge in [-0.05, 0) is 46.6 Å². The molecule has 1 aromatic carbocycles. The predicted molar refractivity (Wildman–Crippen MR) is 106 cm³/mol. The van der Waals surface area contributed by atoms with Gasteiger partial charge >= 0.3 is 0 Å². The molecule has 0 fully saturated rings. The average Bonchev–Trinajstić information content (AvgIpc) is 2.62. The van der Waals surface area contributed by atoms with E-state index in [9.17, 15) is 19.8 Å². The zero-order valence-corrected chi connectivity index (χ0v) is 15.5. The van der Waals surface area contributed by atoms with Crippen LogP contribution >= 0.6 is 0 Å². The molecular formula is C22H20N2O4. The van der Waals surface area contributed by atoms with Crippen molar-refractivity contribution in [3.8, 4) is 0 Å². The molecule has 0 saturated heterocycles. The molecule has 142 valence electrons.